The number of nitrogens with zero attached hydrogens (tertiary/aromatic N) is 2. The molecule has 3 rings (SSSR count). The van der Waals surface area contributed by atoms with Crippen LogP contribution >= 0.6 is 0 Å². The topological polar surface area (TPSA) is 62.5 Å². The molecule has 0 atom stereocenters. The predicted molar refractivity (Wildman–Crippen MR) is 106 cm³/mol. The van der Waals surface area contributed by atoms with Crippen molar-refractivity contribution in [1.29, 1.82) is 0 Å². The lowest BCUT2D eigenvalue weighted by molar-refractivity contribution is 0.410. The zero-order valence-corrected chi connectivity index (χ0v) is 15.9. The van der Waals surface area contributed by atoms with Crippen molar-refractivity contribution in [2.75, 3.05) is 13.1 Å². The number of oxazole rings is 1. The maximum Gasteiger partial charge on any atom is 0.226 e. The summed E-state index contributed by atoms with van der Waals surface area (Å²) < 4.78 is 5.63. The second-order valence-corrected chi connectivity index (χ2v) is 7.00. The lowest BCUT2D eigenvalue weighted by Crippen LogP contribution is -2.44. The van der Waals surface area contributed by atoms with Gasteiger partial charge in [0.1, 0.15) is 6.26 Å². The smallest absolute Gasteiger partial charge is 0.226 e. The predicted octanol–water partition coefficient (Wildman–Crippen LogP) is 4.08. The molecule has 26 heavy (non-hydrogen) atoms. The molecule has 1 heterocycles. The molecular formula is C21H30N4O. The van der Waals surface area contributed by atoms with Gasteiger partial charge >= 0.3 is 0 Å². The number of guanidine groups is 1. The van der Waals surface area contributed by atoms with Crippen molar-refractivity contribution in [3.63, 3.8) is 0 Å². The molecule has 0 aliphatic heterocycles. The Morgan fingerprint density at radius 2 is 1.96 bits per heavy atom. The standard InChI is InChI=1S/C21H30N4O/c1-3-22-21(25-18-7-5-4-6-8-18)23-14-13-19-15-26-20(24-19)17-11-9-16(2)10-12-17/h9-12,15,18H,3-8,13-14H2,1-2H3,(H2,22,23,25). The van der Waals surface area contributed by atoms with Crippen LogP contribution in [0.15, 0.2) is 39.9 Å². The molecule has 5 heteroatoms. The number of benzene rings is 1. The van der Waals surface area contributed by atoms with E-state index in [1.165, 1.54) is 37.7 Å². The van der Waals surface area contributed by atoms with Crippen molar-refractivity contribution in [2.45, 2.75) is 58.4 Å². The molecule has 2 N–H and O–H groups in total. The summed E-state index contributed by atoms with van der Waals surface area (Å²) in [5, 5.41) is 6.92. The molecule has 0 radical (unpaired) electrons. The molecule has 1 aliphatic carbocycles. The Kier molecular flexibility index (Phi) is 6.69. The highest BCUT2D eigenvalue weighted by Gasteiger charge is 2.14. The fourth-order valence-corrected chi connectivity index (χ4v) is 3.29. The van der Waals surface area contributed by atoms with Crippen LogP contribution in [0.25, 0.3) is 11.5 Å². The molecule has 140 valence electrons. The van der Waals surface area contributed by atoms with Crippen molar-refractivity contribution in [3.8, 4) is 11.5 Å². The van der Waals surface area contributed by atoms with Crippen molar-refractivity contribution in [1.82, 2.24) is 15.6 Å². The number of aliphatic imine (C=N–C) groups is 1. The van der Waals surface area contributed by atoms with Gasteiger partial charge in [0.25, 0.3) is 0 Å². The van der Waals surface area contributed by atoms with E-state index in [4.69, 9.17) is 9.41 Å². The summed E-state index contributed by atoms with van der Waals surface area (Å²) >= 11 is 0. The summed E-state index contributed by atoms with van der Waals surface area (Å²) in [6, 6.07) is 8.79. The summed E-state index contributed by atoms with van der Waals surface area (Å²) in [5.41, 5.74) is 3.19. The molecule has 0 saturated heterocycles. The first-order valence-electron chi connectivity index (χ1n) is 9.81. The summed E-state index contributed by atoms with van der Waals surface area (Å²) in [7, 11) is 0. The van der Waals surface area contributed by atoms with E-state index in [1.54, 1.807) is 6.26 Å². The first kappa shape index (κ1) is 18.5. The molecule has 1 aliphatic rings. The van der Waals surface area contributed by atoms with E-state index in [2.05, 4.69) is 41.6 Å². The van der Waals surface area contributed by atoms with Gasteiger partial charge < -0.3 is 15.1 Å². The number of nitrogens with one attached hydrogen (secondary N) is 2. The zero-order chi connectivity index (χ0) is 18.2. The number of hydrogen-bond donors (Lipinski definition) is 2. The van der Waals surface area contributed by atoms with E-state index < -0.39 is 0 Å². The zero-order valence-electron chi connectivity index (χ0n) is 15.9. The molecule has 5 nitrogen and oxygen atoms in total. The van der Waals surface area contributed by atoms with Gasteiger partial charge in [0.2, 0.25) is 5.89 Å². The maximum absolute atomic E-state index is 5.63. The maximum atomic E-state index is 5.63. The van der Waals surface area contributed by atoms with Crippen LogP contribution in [0.2, 0.25) is 0 Å². The van der Waals surface area contributed by atoms with E-state index in [-0.39, 0.29) is 0 Å². The second kappa shape index (κ2) is 9.41. The van der Waals surface area contributed by atoms with Gasteiger partial charge in [-0.15, -0.1) is 0 Å². The molecule has 0 unspecified atom stereocenters. The lowest BCUT2D eigenvalue weighted by atomic mass is 9.96. The third-order valence-electron chi connectivity index (χ3n) is 4.78. The summed E-state index contributed by atoms with van der Waals surface area (Å²) in [4.78, 5) is 9.30. The van der Waals surface area contributed by atoms with Gasteiger partial charge in [-0.25, -0.2) is 4.98 Å². The Hall–Kier alpha value is -2.30. The van der Waals surface area contributed by atoms with Crippen LogP contribution < -0.4 is 10.6 Å². The molecular weight excluding hydrogens is 324 g/mol. The summed E-state index contributed by atoms with van der Waals surface area (Å²) in [6.45, 7) is 5.75. The molecule has 1 aromatic heterocycles. The fraction of sp³-hybridized carbons (Fsp3) is 0.524. The van der Waals surface area contributed by atoms with Crippen LogP contribution in [-0.4, -0.2) is 30.1 Å². The van der Waals surface area contributed by atoms with Crippen LogP contribution in [-0.2, 0) is 6.42 Å². The fourth-order valence-electron chi connectivity index (χ4n) is 3.29. The Balaban J connectivity index is 1.54. The van der Waals surface area contributed by atoms with Crippen molar-refractivity contribution in [2.24, 2.45) is 4.99 Å². The van der Waals surface area contributed by atoms with Crippen LogP contribution in [0, 0.1) is 6.92 Å². The van der Waals surface area contributed by atoms with Gasteiger partial charge in [-0.2, -0.15) is 0 Å². The van der Waals surface area contributed by atoms with Crippen LogP contribution in [0.5, 0.6) is 0 Å². The van der Waals surface area contributed by atoms with Crippen LogP contribution in [0.1, 0.15) is 50.3 Å². The molecule has 2 aromatic rings. The van der Waals surface area contributed by atoms with Crippen molar-refractivity contribution >= 4 is 5.96 Å². The van der Waals surface area contributed by atoms with Gasteiger partial charge in [0.15, 0.2) is 5.96 Å². The highest BCUT2D eigenvalue weighted by atomic mass is 16.3. The van der Waals surface area contributed by atoms with E-state index in [0.29, 0.717) is 18.5 Å². The van der Waals surface area contributed by atoms with Crippen molar-refractivity contribution < 1.29 is 4.42 Å². The first-order valence-corrected chi connectivity index (χ1v) is 9.81. The molecule has 1 aromatic carbocycles. The van der Waals surface area contributed by atoms with Gasteiger partial charge in [-0.1, -0.05) is 37.0 Å². The van der Waals surface area contributed by atoms with Gasteiger partial charge in [0.05, 0.1) is 5.69 Å². The van der Waals surface area contributed by atoms with Gasteiger partial charge in [0, 0.05) is 31.1 Å². The molecule has 0 amide bonds. The molecule has 0 spiro atoms. The Labute approximate surface area is 156 Å². The Bertz CT molecular complexity index is 699. The normalized spacial score (nSPS) is 15.8. The van der Waals surface area contributed by atoms with E-state index in [1.807, 2.05) is 12.1 Å². The third-order valence-corrected chi connectivity index (χ3v) is 4.78. The van der Waals surface area contributed by atoms with Gasteiger partial charge in [-0.3, -0.25) is 4.99 Å². The number of hydrogen-bond acceptors (Lipinski definition) is 3. The number of aryl methyl sites for hydroxylation is 1. The Morgan fingerprint density at radius 1 is 1.19 bits per heavy atom. The third kappa shape index (κ3) is 5.35. The van der Waals surface area contributed by atoms with E-state index >= 15 is 0 Å². The minimum atomic E-state index is 0.557. The molecule has 0 bridgehead atoms. The SMILES string of the molecule is CCNC(=NCCc1coc(-c2ccc(C)cc2)n1)NC1CCCCC1. The average molecular weight is 354 g/mol. The second-order valence-electron chi connectivity index (χ2n) is 7.00. The lowest BCUT2D eigenvalue weighted by Gasteiger charge is -2.24. The highest BCUT2D eigenvalue weighted by Crippen LogP contribution is 2.19. The highest BCUT2D eigenvalue weighted by molar-refractivity contribution is 5.80. The quantitative estimate of drug-likeness (QED) is 0.606. The summed E-state index contributed by atoms with van der Waals surface area (Å²) in [5.74, 6) is 1.60. The van der Waals surface area contributed by atoms with Crippen LogP contribution in [0.4, 0.5) is 0 Å². The minimum absolute atomic E-state index is 0.557. The number of rotatable bonds is 6. The monoisotopic (exact) mass is 354 g/mol. The van der Waals surface area contributed by atoms with E-state index in [9.17, 15) is 0 Å². The molecule has 1 saturated carbocycles. The average Bonchev–Trinajstić information content (AvgIpc) is 3.12. The molecule has 1 fully saturated rings. The largest absolute Gasteiger partial charge is 0.444 e. The summed E-state index contributed by atoms with van der Waals surface area (Å²) in [6.07, 6.45) is 9.00. The number of aromatic nitrogens is 1. The first-order chi connectivity index (χ1) is 12.7. The minimum Gasteiger partial charge on any atom is -0.444 e. The van der Waals surface area contributed by atoms with Crippen LogP contribution in [0.3, 0.4) is 0 Å². The Morgan fingerprint density at radius 3 is 2.69 bits per heavy atom. The van der Waals surface area contributed by atoms with E-state index in [0.717, 1.165) is 30.2 Å². The van der Waals surface area contributed by atoms with Gasteiger partial charge in [-0.05, 0) is 38.8 Å². The van der Waals surface area contributed by atoms with Crippen molar-refractivity contribution in [3.05, 3.63) is 41.8 Å².